The molecule has 2 rings (SSSR count). The molecular weight excluding hydrogens is 294 g/mol. The number of piperidine rings is 1. The minimum atomic E-state index is -0.550. The summed E-state index contributed by atoms with van der Waals surface area (Å²) in [6.07, 6.45) is 4.60. The second-order valence-electron chi connectivity index (χ2n) is 6.19. The van der Waals surface area contributed by atoms with Crippen LogP contribution in [-0.2, 0) is 0 Å². The molecule has 0 amide bonds. The van der Waals surface area contributed by atoms with Crippen molar-refractivity contribution in [2.45, 2.75) is 26.3 Å². The monoisotopic (exact) mass is 316 g/mol. The highest BCUT2D eigenvalue weighted by Crippen LogP contribution is 2.27. The maximum atomic E-state index is 13.5. The molecule has 1 atom stereocenters. The van der Waals surface area contributed by atoms with Gasteiger partial charge in [0.1, 0.15) is 11.6 Å². The van der Waals surface area contributed by atoms with Crippen LogP contribution in [0.3, 0.4) is 0 Å². The van der Waals surface area contributed by atoms with Gasteiger partial charge in [0.25, 0.3) is 0 Å². The zero-order valence-electron chi connectivity index (χ0n) is 12.5. The summed E-state index contributed by atoms with van der Waals surface area (Å²) in [5.41, 5.74) is 6.62. The summed E-state index contributed by atoms with van der Waals surface area (Å²) in [4.78, 5) is 2.31. The van der Waals surface area contributed by atoms with E-state index in [1.165, 1.54) is 12.1 Å². The molecule has 1 aromatic rings. The van der Waals surface area contributed by atoms with Gasteiger partial charge < -0.3 is 5.73 Å². The predicted molar refractivity (Wildman–Crippen MR) is 85.5 cm³/mol. The van der Waals surface area contributed by atoms with Crippen LogP contribution in [0, 0.1) is 17.0 Å². The number of hydrogen-bond acceptors (Lipinski definition) is 2. The Morgan fingerprint density at radius 1 is 1.38 bits per heavy atom. The summed E-state index contributed by atoms with van der Waals surface area (Å²) in [7, 11) is 0. The lowest BCUT2D eigenvalue weighted by Gasteiger charge is -2.42. The predicted octanol–water partition coefficient (Wildman–Crippen LogP) is 3.46. The minimum absolute atomic E-state index is 0. The molecule has 2 nitrogen and oxygen atoms in total. The van der Waals surface area contributed by atoms with Crippen LogP contribution in [0.15, 0.2) is 24.3 Å². The van der Waals surface area contributed by atoms with E-state index >= 15 is 0 Å². The van der Waals surface area contributed by atoms with Gasteiger partial charge in [-0.05, 0) is 30.5 Å². The third kappa shape index (κ3) is 4.77. The maximum absolute atomic E-state index is 13.5. The fourth-order valence-corrected chi connectivity index (χ4v) is 2.61. The Balaban J connectivity index is 0.00000220. The first kappa shape index (κ1) is 18.1. The Bertz CT molecular complexity index is 503. The largest absolute Gasteiger partial charge is 0.327 e. The van der Waals surface area contributed by atoms with Gasteiger partial charge in [-0.15, -0.1) is 12.4 Å². The van der Waals surface area contributed by atoms with Crippen molar-refractivity contribution in [1.29, 1.82) is 0 Å². The molecule has 1 aliphatic rings. The lowest BCUT2D eigenvalue weighted by molar-refractivity contribution is 0.105. The summed E-state index contributed by atoms with van der Waals surface area (Å²) >= 11 is 0. The van der Waals surface area contributed by atoms with Crippen LogP contribution in [-0.4, -0.2) is 30.6 Å². The average molecular weight is 317 g/mol. The highest BCUT2D eigenvalue weighted by atomic mass is 35.5. The molecule has 0 spiro atoms. The summed E-state index contributed by atoms with van der Waals surface area (Å²) < 4.78 is 26.3. The molecule has 0 bridgehead atoms. The van der Waals surface area contributed by atoms with Crippen LogP contribution in [0.2, 0.25) is 0 Å². The molecule has 0 radical (unpaired) electrons. The van der Waals surface area contributed by atoms with Crippen molar-refractivity contribution in [2.75, 3.05) is 19.6 Å². The van der Waals surface area contributed by atoms with Crippen molar-refractivity contribution in [3.63, 3.8) is 0 Å². The van der Waals surface area contributed by atoms with Gasteiger partial charge in [-0.1, -0.05) is 26.0 Å². The van der Waals surface area contributed by atoms with Crippen molar-refractivity contribution < 1.29 is 8.78 Å². The van der Waals surface area contributed by atoms with E-state index in [4.69, 9.17) is 5.73 Å². The molecule has 1 saturated heterocycles. The molecule has 2 N–H and O–H groups in total. The second-order valence-corrected chi connectivity index (χ2v) is 6.19. The highest BCUT2D eigenvalue weighted by Gasteiger charge is 2.32. The molecular formula is C16H23ClF2N2. The molecule has 0 saturated carbocycles. The van der Waals surface area contributed by atoms with E-state index < -0.39 is 11.6 Å². The number of hydrogen-bond donors (Lipinski definition) is 1. The zero-order valence-corrected chi connectivity index (χ0v) is 13.3. The molecule has 118 valence electrons. The van der Waals surface area contributed by atoms with Crippen molar-refractivity contribution in [3.8, 4) is 0 Å². The Hall–Kier alpha value is -0.970. The van der Waals surface area contributed by atoms with Crippen LogP contribution >= 0.6 is 12.4 Å². The van der Waals surface area contributed by atoms with E-state index in [2.05, 4.69) is 18.7 Å². The van der Waals surface area contributed by atoms with E-state index in [0.29, 0.717) is 5.56 Å². The SMILES string of the molecule is CC1(C)CN(C/C=C/c2ccc(F)cc2F)CCC1N.Cl. The van der Waals surface area contributed by atoms with Crippen LogP contribution < -0.4 is 5.73 Å². The first-order valence-electron chi connectivity index (χ1n) is 6.98. The van der Waals surface area contributed by atoms with Crippen LogP contribution in [0.1, 0.15) is 25.8 Å². The minimum Gasteiger partial charge on any atom is -0.327 e. The van der Waals surface area contributed by atoms with E-state index in [1.807, 2.05) is 6.08 Å². The topological polar surface area (TPSA) is 29.3 Å². The number of benzene rings is 1. The summed E-state index contributed by atoms with van der Waals surface area (Å²) in [5, 5.41) is 0. The first-order valence-corrected chi connectivity index (χ1v) is 6.98. The molecule has 0 aromatic heterocycles. The van der Waals surface area contributed by atoms with Crippen molar-refractivity contribution >= 4 is 18.5 Å². The third-order valence-corrected chi connectivity index (χ3v) is 4.01. The first-order chi connectivity index (χ1) is 9.38. The Kier molecular flexibility index (Phi) is 6.32. The molecule has 1 aromatic carbocycles. The van der Waals surface area contributed by atoms with Crippen LogP contribution in [0.25, 0.3) is 6.08 Å². The lowest BCUT2D eigenvalue weighted by Crippen LogP contribution is -2.52. The highest BCUT2D eigenvalue weighted by molar-refractivity contribution is 5.85. The average Bonchev–Trinajstić information content (AvgIpc) is 2.36. The van der Waals surface area contributed by atoms with Crippen LogP contribution in [0.4, 0.5) is 8.78 Å². The quantitative estimate of drug-likeness (QED) is 0.925. The molecule has 1 unspecified atom stereocenters. The number of likely N-dealkylation sites (tertiary alicyclic amines) is 1. The van der Waals surface area contributed by atoms with E-state index in [0.717, 1.165) is 32.1 Å². The van der Waals surface area contributed by atoms with Gasteiger partial charge in [0.2, 0.25) is 0 Å². The Morgan fingerprint density at radius 2 is 2.10 bits per heavy atom. The molecule has 1 aliphatic heterocycles. The number of nitrogens with zero attached hydrogens (tertiary/aromatic N) is 1. The summed E-state index contributed by atoms with van der Waals surface area (Å²) in [6.45, 7) is 7.00. The Labute approximate surface area is 131 Å². The molecule has 0 aliphatic carbocycles. The summed E-state index contributed by atoms with van der Waals surface area (Å²) in [5.74, 6) is -1.08. The fourth-order valence-electron chi connectivity index (χ4n) is 2.61. The third-order valence-electron chi connectivity index (χ3n) is 4.01. The van der Waals surface area contributed by atoms with Gasteiger partial charge >= 0.3 is 0 Å². The van der Waals surface area contributed by atoms with E-state index in [1.54, 1.807) is 6.08 Å². The summed E-state index contributed by atoms with van der Waals surface area (Å²) in [6, 6.07) is 3.86. The van der Waals surface area contributed by atoms with Gasteiger partial charge in [0.15, 0.2) is 0 Å². The van der Waals surface area contributed by atoms with Gasteiger partial charge in [0.05, 0.1) is 0 Å². The van der Waals surface area contributed by atoms with Gasteiger partial charge in [-0.2, -0.15) is 0 Å². The second kappa shape index (κ2) is 7.34. The standard InChI is InChI=1S/C16H22F2N2.ClH/c1-16(2)11-20(9-7-15(16)19)8-3-4-12-5-6-13(17)10-14(12)18;/h3-6,10,15H,7-9,11,19H2,1-2H3;1H/b4-3+;. The van der Waals surface area contributed by atoms with Gasteiger partial charge in [0, 0.05) is 30.8 Å². The number of halogens is 3. The molecule has 1 heterocycles. The molecule has 1 fully saturated rings. The van der Waals surface area contributed by atoms with Crippen LogP contribution in [0.5, 0.6) is 0 Å². The maximum Gasteiger partial charge on any atom is 0.133 e. The number of nitrogens with two attached hydrogens (primary N) is 1. The lowest BCUT2D eigenvalue weighted by atomic mass is 9.80. The van der Waals surface area contributed by atoms with Crippen molar-refractivity contribution in [1.82, 2.24) is 4.90 Å². The normalized spacial score (nSPS) is 22.2. The van der Waals surface area contributed by atoms with E-state index in [-0.39, 0.29) is 23.9 Å². The molecule has 5 heteroatoms. The zero-order chi connectivity index (χ0) is 14.8. The number of rotatable bonds is 3. The van der Waals surface area contributed by atoms with E-state index in [9.17, 15) is 8.78 Å². The van der Waals surface area contributed by atoms with Crippen molar-refractivity contribution in [2.24, 2.45) is 11.1 Å². The van der Waals surface area contributed by atoms with Crippen molar-refractivity contribution in [3.05, 3.63) is 41.5 Å². The van der Waals surface area contributed by atoms with Gasteiger partial charge in [-0.3, -0.25) is 4.90 Å². The fraction of sp³-hybridized carbons (Fsp3) is 0.500. The molecule has 21 heavy (non-hydrogen) atoms. The van der Waals surface area contributed by atoms with Gasteiger partial charge in [-0.25, -0.2) is 8.78 Å². The Morgan fingerprint density at radius 3 is 2.71 bits per heavy atom. The smallest absolute Gasteiger partial charge is 0.133 e.